The van der Waals surface area contributed by atoms with E-state index in [1.165, 1.54) is 36.5 Å². The van der Waals surface area contributed by atoms with E-state index >= 15 is 4.39 Å². The van der Waals surface area contributed by atoms with Gasteiger partial charge < -0.3 is 14.8 Å². The summed E-state index contributed by atoms with van der Waals surface area (Å²) in [6.07, 6.45) is 3.84. The molecule has 1 N–H and O–H groups in total. The fourth-order valence-electron chi connectivity index (χ4n) is 4.49. The third-order valence-corrected chi connectivity index (χ3v) is 7.10. The summed E-state index contributed by atoms with van der Waals surface area (Å²) in [4.78, 5) is 29.9. The lowest BCUT2D eigenvalue weighted by molar-refractivity contribution is -0.127. The van der Waals surface area contributed by atoms with Gasteiger partial charge in [-0.25, -0.2) is 4.39 Å². The van der Waals surface area contributed by atoms with Crippen LogP contribution in [-0.4, -0.2) is 32.1 Å². The third kappa shape index (κ3) is 5.65. The monoisotopic (exact) mass is 496 g/mol. The summed E-state index contributed by atoms with van der Waals surface area (Å²) in [7, 11) is 3.01. The van der Waals surface area contributed by atoms with Gasteiger partial charge in [-0.05, 0) is 42.5 Å². The van der Waals surface area contributed by atoms with E-state index in [1.807, 2.05) is 17.5 Å². The summed E-state index contributed by atoms with van der Waals surface area (Å²) in [6, 6.07) is 13.6. The Morgan fingerprint density at radius 1 is 1.09 bits per heavy atom. The van der Waals surface area contributed by atoms with Crippen LogP contribution in [0.5, 0.6) is 11.5 Å². The second-order valence-electron chi connectivity index (χ2n) is 8.47. The Morgan fingerprint density at radius 3 is 2.51 bits per heavy atom. The van der Waals surface area contributed by atoms with E-state index in [0.29, 0.717) is 17.2 Å². The molecule has 0 spiro atoms. The third-order valence-electron chi connectivity index (χ3n) is 6.23. The Labute approximate surface area is 208 Å². The van der Waals surface area contributed by atoms with Gasteiger partial charge in [-0.15, -0.1) is 11.3 Å². The van der Waals surface area contributed by atoms with Crippen molar-refractivity contribution in [2.45, 2.75) is 44.2 Å². The van der Waals surface area contributed by atoms with Crippen molar-refractivity contribution in [3.63, 3.8) is 0 Å². The Bertz CT molecular complexity index is 1160. The smallest absolute Gasteiger partial charge is 0.248 e. The van der Waals surface area contributed by atoms with E-state index in [0.717, 1.165) is 30.6 Å². The minimum Gasteiger partial charge on any atom is -0.497 e. The Kier molecular flexibility index (Phi) is 8.02. The summed E-state index contributed by atoms with van der Waals surface area (Å²) in [5.41, 5.74) is 0.454. The normalized spacial score (nSPS) is 14.4. The quantitative estimate of drug-likeness (QED) is 0.438. The van der Waals surface area contributed by atoms with Crippen LogP contribution in [0.2, 0.25) is 0 Å². The maximum absolute atomic E-state index is 15.2. The average molecular weight is 497 g/mol. The molecule has 2 aromatic carbocycles. The zero-order valence-corrected chi connectivity index (χ0v) is 20.6. The molecule has 1 fully saturated rings. The predicted octanol–water partition coefficient (Wildman–Crippen LogP) is 5.28. The molecular weight excluding hydrogens is 467 g/mol. The van der Waals surface area contributed by atoms with E-state index < -0.39 is 17.8 Å². The molecule has 4 rings (SSSR count). The molecule has 0 saturated heterocycles. The van der Waals surface area contributed by atoms with Crippen molar-refractivity contribution in [1.29, 1.82) is 0 Å². The molecule has 0 radical (unpaired) electrons. The van der Waals surface area contributed by atoms with Gasteiger partial charge >= 0.3 is 0 Å². The molecule has 1 aliphatic carbocycles. The number of methoxy groups -OCH3 is 2. The van der Waals surface area contributed by atoms with Crippen LogP contribution in [0.3, 0.4) is 0 Å². The highest BCUT2D eigenvalue weighted by Crippen LogP contribution is 2.39. The molecule has 1 aromatic heterocycles. The summed E-state index contributed by atoms with van der Waals surface area (Å²) < 4.78 is 26.2. The molecule has 1 atom stereocenters. The molecule has 0 aliphatic heterocycles. The summed E-state index contributed by atoms with van der Waals surface area (Å²) >= 11 is 1.45. The first-order chi connectivity index (χ1) is 17.0. The molecule has 184 valence electrons. The standard InChI is InChI=1S/C27H29FN2O4S/c1-33-19-13-14-24(34-2)23(16-19)30(25(31)17-20-10-7-15-35-20)26(21-11-5-6-12-22(21)28)27(32)29-18-8-3-4-9-18/h5-7,10-16,18,26H,3-4,8-9,17H2,1-2H3,(H,29,32)/t26-/m0/s1. The highest BCUT2D eigenvalue weighted by atomic mass is 32.1. The zero-order valence-electron chi connectivity index (χ0n) is 19.8. The van der Waals surface area contributed by atoms with Crippen LogP contribution in [0.25, 0.3) is 0 Å². The van der Waals surface area contributed by atoms with Gasteiger partial charge in [0.1, 0.15) is 23.4 Å². The highest BCUT2D eigenvalue weighted by molar-refractivity contribution is 7.10. The first-order valence-corrected chi connectivity index (χ1v) is 12.5. The lowest BCUT2D eigenvalue weighted by atomic mass is 10.0. The second kappa shape index (κ2) is 11.4. The number of benzene rings is 2. The Hall–Kier alpha value is -3.39. The van der Waals surface area contributed by atoms with Crippen molar-refractivity contribution >= 4 is 28.8 Å². The minimum absolute atomic E-state index is 0.00164. The zero-order chi connectivity index (χ0) is 24.8. The van der Waals surface area contributed by atoms with Crippen molar-refractivity contribution in [1.82, 2.24) is 5.32 Å². The molecule has 1 aliphatic rings. The number of hydrogen-bond acceptors (Lipinski definition) is 5. The van der Waals surface area contributed by atoms with Crippen LogP contribution >= 0.6 is 11.3 Å². The van der Waals surface area contributed by atoms with Crippen LogP contribution in [0.1, 0.15) is 42.2 Å². The fraction of sp³-hybridized carbons (Fsp3) is 0.333. The number of halogens is 1. The van der Waals surface area contributed by atoms with Crippen molar-refractivity contribution in [3.05, 3.63) is 76.2 Å². The van der Waals surface area contributed by atoms with E-state index in [1.54, 1.807) is 36.4 Å². The van der Waals surface area contributed by atoms with Crippen LogP contribution in [0.15, 0.2) is 60.0 Å². The number of nitrogens with one attached hydrogen (secondary N) is 1. The van der Waals surface area contributed by atoms with Gasteiger partial charge in [0, 0.05) is 22.5 Å². The largest absolute Gasteiger partial charge is 0.497 e. The molecule has 0 bridgehead atoms. The number of carbonyl (C=O) groups is 2. The molecule has 3 aromatic rings. The van der Waals surface area contributed by atoms with Gasteiger partial charge in [-0.2, -0.15) is 0 Å². The minimum atomic E-state index is -1.23. The lowest BCUT2D eigenvalue weighted by Gasteiger charge is -2.33. The van der Waals surface area contributed by atoms with Gasteiger partial charge in [0.15, 0.2) is 0 Å². The molecule has 1 heterocycles. The SMILES string of the molecule is COc1ccc(OC)c(N(C(=O)Cc2cccs2)[C@H](C(=O)NC2CCCC2)c2ccccc2F)c1. The second-order valence-corrected chi connectivity index (χ2v) is 9.50. The van der Waals surface area contributed by atoms with Gasteiger partial charge in [-0.1, -0.05) is 37.1 Å². The average Bonchev–Trinajstić information content (AvgIpc) is 3.57. The van der Waals surface area contributed by atoms with E-state index in [-0.39, 0.29) is 23.9 Å². The van der Waals surface area contributed by atoms with E-state index in [2.05, 4.69) is 5.32 Å². The predicted molar refractivity (Wildman–Crippen MR) is 135 cm³/mol. The maximum atomic E-state index is 15.2. The number of ether oxygens (including phenoxy) is 2. The molecule has 8 heteroatoms. The van der Waals surface area contributed by atoms with Crippen LogP contribution in [0.4, 0.5) is 10.1 Å². The fourth-order valence-corrected chi connectivity index (χ4v) is 5.19. The molecule has 6 nitrogen and oxygen atoms in total. The first-order valence-electron chi connectivity index (χ1n) is 11.6. The molecular formula is C27H29FN2O4S. The van der Waals surface area contributed by atoms with Crippen molar-refractivity contribution in [2.24, 2.45) is 0 Å². The number of anilines is 1. The van der Waals surface area contributed by atoms with Gasteiger partial charge in [0.2, 0.25) is 11.8 Å². The Balaban J connectivity index is 1.86. The number of hydrogen-bond donors (Lipinski definition) is 1. The van der Waals surface area contributed by atoms with Crippen molar-refractivity contribution in [3.8, 4) is 11.5 Å². The topological polar surface area (TPSA) is 67.9 Å². The summed E-state index contributed by atoms with van der Waals surface area (Å²) in [6.45, 7) is 0. The van der Waals surface area contributed by atoms with E-state index in [9.17, 15) is 9.59 Å². The lowest BCUT2D eigenvalue weighted by Crippen LogP contribution is -2.47. The van der Waals surface area contributed by atoms with Gasteiger partial charge in [-0.3, -0.25) is 14.5 Å². The maximum Gasteiger partial charge on any atom is 0.248 e. The van der Waals surface area contributed by atoms with Crippen LogP contribution < -0.4 is 19.7 Å². The van der Waals surface area contributed by atoms with Gasteiger partial charge in [0.05, 0.1) is 26.3 Å². The number of rotatable bonds is 9. The molecule has 0 unspecified atom stereocenters. The first kappa shape index (κ1) is 24.7. The number of amides is 2. The van der Waals surface area contributed by atoms with Crippen LogP contribution in [-0.2, 0) is 16.0 Å². The molecule has 2 amide bonds. The number of nitrogens with zero attached hydrogens (tertiary/aromatic N) is 1. The summed E-state index contributed by atoms with van der Waals surface area (Å²) in [5.74, 6) is -0.478. The number of carbonyl (C=O) groups excluding carboxylic acids is 2. The molecule has 1 saturated carbocycles. The Morgan fingerprint density at radius 2 is 1.86 bits per heavy atom. The van der Waals surface area contributed by atoms with Crippen LogP contribution in [0, 0.1) is 5.82 Å². The van der Waals surface area contributed by atoms with Gasteiger partial charge in [0.25, 0.3) is 0 Å². The van der Waals surface area contributed by atoms with E-state index in [4.69, 9.17) is 9.47 Å². The van der Waals surface area contributed by atoms with Crippen molar-refractivity contribution < 1.29 is 23.5 Å². The number of thiophene rings is 1. The highest BCUT2D eigenvalue weighted by Gasteiger charge is 2.37. The van der Waals surface area contributed by atoms with Crippen molar-refractivity contribution in [2.75, 3.05) is 19.1 Å². The molecule has 35 heavy (non-hydrogen) atoms. The summed E-state index contributed by atoms with van der Waals surface area (Å²) in [5, 5.41) is 4.95.